The van der Waals surface area contributed by atoms with Crippen LogP contribution in [0.25, 0.3) is 10.9 Å². The fourth-order valence-electron chi connectivity index (χ4n) is 4.86. The number of benzene rings is 1. The number of fused-ring (bicyclic) bond motifs is 1. The van der Waals surface area contributed by atoms with Crippen LogP contribution in [0, 0.1) is 12.8 Å². The van der Waals surface area contributed by atoms with E-state index < -0.39 is 6.17 Å². The number of aryl methyl sites for hydroxylation is 1. The number of rotatable bonds is 5. The molecular weight excluding hydrogens is 374 g/mol. The monoisotopic (exact) mass is 409 g/mol. The molecule has 0 radical (unpaired) electrons. The lowest BCUT2D eigenvalue weighted by atomic mass is 9.89. The lowest BCUT2D eigenvalue weighted by molar-refractivity contribution is 0.0941. The van der Waals surface area contributed by atoms with Crippen molar-refractivity contribution < 1.29 is 4.79 Å². The Kier molecular flexibility index (Phi) is 6.54. The minimum absolute atomic E-state index is 0.152. The van der Waals surface area contributed by atoms with Crippen LogP contribution in [0.1, 0.15) is 54.9 Å². The minimum atomic E-state index is -0.397. The molecule has 1 saturated heterocycles. The van der Waals surface area contributed by atoms with Crippen LogP contribution in [0.3, 0.4) is 0 Å². The van der Waals surface area contributed by atoms with Gasteiger partial charge in [0.2, 0.25) is 0 Å². The van der Waals surface area contributed by atoms with Crippen molar-refractivity contribution in [1.82, 2.24) is 15.2 Å². The molecule has 6 nitrogen and oxygen atoms in total. The van der Waals surface area contributed by atoms with Gasteiger partial charge in [-0.1, -0.05) is 30.9 Å². The van der Waals surface area contributed by atoms with E-state index in [0.29, 0.717) is 5.56 Å². The Balaban J connectivity index is 1.53. The quantitative estimate of drug-likeness (QED) is 0.742. The molecule has 3 N–H and O–H groups in total. The van der Waals surface area contributed by atoms with Gasteiger partial charge in [-0.05, 0) is 50.8 Å². The average Bonchev–Trinajstić information content (AvgIpc) is 2.73. The lowest BCUT2D eigenvalue weighted by Crippen LogP contribution is -2.49. The zero-order chi connectivity index (χ0) is 21.1. The Morgan fingerprint density at radius 3 is 2.60 bits per heavy atom. The number of pyridine rings is 1. The van der Waals surface area contributed by atoms with Crippen molar-refractivity contribution in [3.8, 4) is 0 Å². The van der Waals surface area contributed by atoms with Gasteiger partial charge in [0.1, 0.15) is 5.82 Å². The van der Waals surface area contributed by atoms with E-state index in [0.717, 1.165) is 54.4 Å². The first-order valence-corrected chi connectivity index (χ1v) is 11.4. The van der Waals surface area contributed by atoms with Gasteiger partial charge in [-0.25, -0.2) is 4.98 Å². The molecule has 1 unspecified atom stereocenters. The van der Waals surface area contributed by atoms with Crippen LogP contribution in [0.4, 0.5) is 5.82 Å². The Labute approximate surface area is 179 Å². The first-order valence-electron chi connectivity index (χ1n) is 11.4. The van der Waals surface area contributed by atoms with Crippen LogP contribution in [0.5, 0.6) is 0 Å². The lowest BCUT2D eigenvalue weighted by Gasteiger charge is -2.38. The summed E-state index contributed by atoms with van der Waals surface area (Å²) >= 11 is 0. The SMILES string of the molecule is Cc1ccc2nc(N3CCN(CC4CCCCC4)CC3)c(C(=O)NC(C)N)cc2c1. The molecule has 2 fully saturated rings. The molecule has 1 aliphatic heterocycles. The third-order valence-corrected chi connectivity index (χ3v) is 6.47. The van der Waals surface area contributed by atoms with Crippen molar-refractivity contribution in [1.29, 1.82) is 0 Å². The molecule has 0 spiro atoms. The molecule has 2 aliphatic rings. The summed E-state index contributed by atoms with van der Waals surface area (Å²) in [5, 5.41) is 3.83. The van der Waals surface area contributed by atoms with Crippen LogP contribution in [0.15, 0.2) is 24.3 Å². The van der Waals surface area contributed by atoms with Gasteiger partial charge in [-0.2, -0.15) is 0 Å². The summed E-state index contributed by atoms with van der Waals surface area (Å²) in [4.78, 5) is 22.7. The van der Waals surface area contributed by atoms with Crippen molar-refractivity contribution in [2.75, 3.05) is 37.6 Å². The van der Waals surface area contributed by atoms with Gasteiger partial charge in [0.25, 0.3) is 5.91 Å². The molecule has 6 heteroatoms. The fraction of sp³-hybridized carbons (Fsp3) is 0.583. The maximum Gasteiger partial charge on any atom is 0.256 e. The van der Waals surface area contributed by atoms with Gasteiger partial charge in [-0.3, -0.25) is 9.69 Å². The number of nitrogens with one attached hydrogen (secondary N) is 1. The summed E-state index contributed by atoms with van der Waals surface area (Å²) in [5.74, 6) is 1.49. The van der Waals surface area contributed by atoms with Crippen LogP contribution < -0.4 is 16.0 Å². The molecule has 0 bridgehead atoms. The molecule has 1 aliphatic carbocycles. The molecule has 1 saturated carbocycles. The number of anilines is 1. The van der Waals surface area contributed by atoms with E-state index in [-0.39, 0.29) is 5.91 Å². The number of nitrogens with zero attached hydrogens (tertiary/aromatic N) is 3. The van der Waals surface area contributed by atoms with Gasteiger partial charge in [0.15, 0.2) is 0 Å². The Morgan fingerprint density at radius 2 is 1.90 bits per heavy atom. The number of nitrogens with two attached hydrogens (primary N) is 1. The predicted molar refractivity (Wildman–Crippen MR) is 123 cm³/mol. The third-order valence-electron chi connectivity index (χ3n) is 6.47. The van der Waals surface area contributed by atoms with Crippen molar-refractivity contribution in [2.45, 2.75) is 52.1 Å². The van der Waals surface area contributed by atoms with E-state index in [1.807, 2.05) is 12.1 Å². The third kappa shape index (κ3) is 4.93. The summed E-state index contributed by atoms with van der Waals surface area (Å²) in [5.41, 5.74) is 8.53. The van der Waals surface area contributed by atoms with E-state index in [4.69, 9.17) is 10.7 Å². The first kappa shape index (κ1) is 21.1. The van der Waals surface area contributed by atoms with Crippen LogP contribution in [-0.4, -0.2) is 54.7 Å². The molecule has 2 aromatic rings. The molecule has 1 atom stereocenters. The Morgan fingerprint density at radius 1 is 1.17 bits per heavy atom. The maximum absolute atomic E-state index is 12.9. The van der Waals surface area contributed by atoms with Gasteiger partial charge in [-0.15, -0.1) is 0 Å². The Hall–Kier alpha value is -2.18. The molecule has 4 rings (SSSR count). The van der Waals surface area contributed by atoms with Crippen LogP contribution >= 0.6 is 0 Å². The minimum Gasteiger partial charge on any atom is -0.353 e. The molecule has 1 amide bonds. The fourth-order valence-corrected chi connectivity index (χ4v) is 4.86. The largest absolute Gasteiger partial charge is 0.353 e. The second-order valence-electron chi connectivity index (χ2n) is 9.11. The molecule has 1 aromatic heterocycles. The molecule has 2 heterocycles. The normalized spacial score (nSPS) is 19.8. The zero-order valence-corrected chi connectivity index (χ0v) is 18.4. The molecular formula is C24H35N5O. The highest BCUT2D eigenvalue weighted by Gasteiger charge is 2.25. The highest BCUT2D eigenvalue weighted by molar-refractivity contribution is 6.02. The van der Waals surface area contributed by atoms with Crippen molar-refractivity contribution in [2.24, 2.45) is 11.7 Å². The summed E-state index contributed by atoms with van der Waals surface area (Å²) in [6, 6.07) is 8.16. The van der Waals surface area contributed by atoms with E-state index >= 15 is 0 Å². The number of amides is 1. The Bertz CT molecular complexity index is 883. The second kappa shape index (κ2) is 9.31. The smallest absolute Gasteiger partial charge is 0.256 e. The van der Waals surface area contributed by atoms with Crippen LogP contribution in [-0.2, 0) is 0 Å². The van der Waals surface area contributed by atoms with Crippen LogP contribution in [0.2, 0.25) is 0 Å². The summed E-state index contributed by atoms with van der Waals surface area (Å²) in [7, 11) is 0. The van der Waals surface area contributed by atoms with Crippen molar-refractivity contribution in [3.63, 3.8) is 0 Å². The predicted octanol–water partition coefficient (Wildman–Crippen LogP) is 3.28. The second-order valence-corrected chi connectivity index (χ2v) is 9.11. The summed E-state index contributed by atoms with van der Waals surface area (Å²) in [6.45, 7) is 8.90. The van der Waals surface area contributed by atoms with E-state index in [1.54, 1.807) is 6.92 Å². The van der Waals surface area contributed by atoms with Gasteiger partial charge in [0.05, 0.1) is 17.2 Å². The topological polar surface area (TPSA) is 74.5 Å². The number of piperazine rings is 1. The van der Waals surface area contributed by atoms with Gasteiger partial charge in [0, 0.05) is 38.1 Å². The first-order chi connectivity index (χ1) is 14.5. The number of carbonyl (C=O) groups excluding carboxylic acids is 1. The van der Waals surface area contributed by atoms with Gasteiger partial charge >= 0.3 is 0 Å². The number of carbonyl (C=O) groups is 1. The zero-order valence-electron chi connectivity index (χ0n) is 18.4. The number of hydrogen-bond donors (Lipinski definition) is 2. The average molecular weight is 410 g/mol. The molecule has 162 valence electrons. The van der Waals surface area contributed by atoms with E-state index in [2.05, 4.69) is 34.2 Å². The number of aromatic nitrogens is 1. The molecule has 30 heavy (non-hydrogen) atoms. The van der Waals surface area contributed by atoms with E-state index in [9.17, 15) is 4.79 Å². The summed E-state index contributed by atoms with van der Waals surface area (Å²) < 4.78 is 0. The number of hydrogen-bond acceptors (Lipinski definition) is 5. The standard InChI is InChI=1S/C24H35N5O/c1-17-8-9-22-20(14-17)15-21(24(30)26-18(2)25)23(27-22)29-12-10-28(11-13-29)16-19-6-4-3-5-7-19/h8-9,14-15,18-19H,3-7,10-13,16,25H2,1-2H3,(H,26,30). The summed E-state index contributed by atoms with van der Waals surface area (Å²) in [6.07, 6.45) is 6.56. The molecule has 1 aromatic carbocycles. The van der Waals surface area contributed by atoms with Crippen molar-refractivity contribution in [3.05, 3.63) is 35.4 Å². The van der Waals surface area contributed by atoms with Gasteiger partial charge < -0.3 is 16.0 Å². The van der Waals surface area contributed by atoms with Crippen molar-refractivity contribution >= 4 is 22.6 Å². The van der Waals surface area contributed by atoms with E-state index in [1.165, 1.54) is 38.6 Å². The maximum atomic E-state index is 12.9. The highest BCUT2D eigenvalue weighted by atomic mass is 16.1. The highest BCUT2D eigenvalue weighted by Crippen LogP contribution is 2.27.